The number of aromatic nitrogens is 1. The first-order valence-corrected chi connectivity index (χ1v) is 7.41. The van der Waals surface area contributed by atoms with Crippen molar-refractivity contribution in [1.82, 2.24) is 10.3 Å². The van der Waals surface area contributed by atoms with E-state index in [2.05, 4.69) is 56.0 Å². The molecule has 94 valence electrons. The van der Waals surface area contributed by atoms with Gasteiger partial charge in [-0.25, -0.2) is 0 Å². The predicted molar refractivity (Wildman–Crippen MR) is 76.5 cm³/mol. The summed E-state index contributed by atoms with van der Waals surface area (Å²) >= 11 is 6.72. The summed E-state index contributed by atoms with van der Waals surface area (Å²) in [6, 6.07) is 1.77. The summed E-state index contributed by atoms with van der Waals surface area (Å²) in [6.07, 6.45) is 5.03. The number of rotatable bonds is 5. The third-order valence-corrected chi connectivity index (χ3v) is 3.64. The molecule has 1 unspecified atom stereocenters. The zero-order valence-corrected chi connectivity index (χ0v) is 13.1. The molecule has 0 aliphatic heterocycles. The van der Waals surface area contributed by atoms with Crippen LogP contribution in [0.25, 0.3) is 0 Å². The highest BCUT2D eigenvalue weighted by atomic mass is 79.9. The van der Waals surface area contributed by atoms with Crippen molar-refractivity contribution >= 4 is 37.8 Å². The topological polar surface area (TPSA) is 42.0 Å². The average molecular weight is 364 g/mol. The van der Waals surface area contributed by atoms with E-state index in [9.17, 15) is 4.79 Å². The van der Waals surface area contributed by atoms with E-state index in [1.165, 1.54) is 0 Å². The second kappa shape index (κ2) is 6.50. The molecule has 3 nitrogen and oxygen atoms in total. The van der Waals surface area contributed by atoms with Gasteiger partial charge in [0.2, 0.25) is 0 Å². The molecule has 1 heterocycles. The maximum Gasteiger partial charge on any atom is 0.253 e. The van der Waals surface area contributed by atoms with Crippen LogP contribution < -0.4 is 5.32 Å². The molecule has 0 aromatic carbocycles. The van der Waals surface area contributed by atoms with Crippen LogP contribution in [0.2, 0.25) is 0 Å². The Morgan fingerprint density at radius 1 is 1.53 bits per heavy atom. The Balaban J connectivity index is 2.77. The lowest BCUT2D eigenvalue weighted by Crippen LogP contribution is -2.45. The smallest absolute Gasteiger partial charge is 0.253 e. The van der Waals surface area contributed by atoms with E-state index in [1.54, 1.807) is 18.5 Å². The number of hydrogen-bond donors (Lipinski definition) is 1. The van der Waals surface area contributed by atoms with E-state index >= 15 is 0 Å². The molecule has 1 aromatic rings. The van der Waals surface area contributed by atoms with Crippen molar-refractivity contribution in [2.24, 2.45) is 0 Å². The van der Waals surface area contributed by atoms with Gasteiger partial charge in [-0.3, -0.25) is 9.78 Å². The Morgan fingerprint density at radius 2 is 2.24 bits per heavy atom. The van der Waals surface area contributed by atoms with Gasteiger partial charge in [0, 0.05) is 27.7 Å². The summed E-state index contributed by atoms with van der Waals surface area (Å²) in [5, 5.41) is 3.93. The third kappa shape index (κ3) is 4.39. The number of carbonyl (C=O) groups excluding carboxylic acids is 1. The first-order valence-electron chi connectivity index (χ1n) is 5.50. The molecular formula is C12H16Br2N2O. The number of halogens is 2. The lowest BCUT2D eigenvalue weighted by Gasteiger charge is -2.29. The van der Waals surface area contributed by atoms with Gasteiger partial charge in [-0.05, 0) is 41.8 Å². The SMILES string of the molecule is CCC(C)(CCBr)NC(=O)c1cncc(Br)c1. The van der Waals surface area contributed by atoms with Gasteiger partial charge in [0.05, 0.1) is 5.56 Å². The van der Waals surface area contributed by atoms with Crippen LogP contribution in [0.4, 0.5) is 0 Å². The largest absolute Gasteiger partial charge is 0.347 e. The Labute approximate surface area is 119 Å². The number of amides is 1. The second-order valence-corrected chi connectivity index (χ2v) is 5.91. The van der Waals surface area contributed by atoms with Crippen molar-refractivity contribution in [1.29, 1.82) is 0 Å². The Morgan fingerprint density at radius 3 is 2.76 bits per heavy atom. The molecule has 1 aromatic heterocycles. The fourth-order valence-corrected chi connectivity index (χ4v) is 2.66. The van der Waals surface area contributed by atoms with Gasteiger partial charge in [-0.2, -0.15) is 0 Å². The number of hydrogen-bond acceptors (Lipinski definition) is 2. The predicted octanol–water partition coefficient (Wildman–Crippen LogP) is 3.53. The van der Waals surface area contributed by atoms with Crippen LogP contribution in [0.3, 0.4) is 0 Å². The molecule has 0 aliphatic rings. The van der Waals surface area contributed by atoms with E-state index < -0.39 is 0 Å². The molecule has 0 fully saturated rings. The summed E-state index contributed by atoms with van der Waals surface area (Å²) in [7, 11) is 0. The molecule has 1 rings (SSSR count). The van der Waals surface area contributed by atoms with Gasteiger partial charge in [0.1, 0.15) is 0 Å². The van der Waals surface area contributed by atoms with Gasteiger partial charge < -0.3 is 5.32 Å². The number of pyridine rings is 1. The lowest BCUT2D eigenvalue weighted by molar-refractivity contribution is 0.0901. The van der Waals surface area contributed by atoms with Crippen LogP contribution in [0, 0.1) is 0 Å². The van der Waals surface area contributed by atoms with E-state index in [0.717, 1.165) is 22.6 Å². The van der Waals surface area contributed by atoms with Gasteiger partial charge in [0.15, 0.2) is 0 Å². The Hall–Kier alpha value is -0.420. The Kier molecular flexibility index (Phi) is 5.59. The molecule has 0 spiro atoms. The van der Waals surface area contributed by atoms with Crippen LogP contribution in [0.5, 0.6) is 0 Å². The minimum Gasteiger partial charge on any atom is -0.347 e. The van der Waals surface area contributed by atoms with Crippen molar-refractivity contribution in [2.75, 3.05) is 5.33 Å². The molecule has 0 saturated carbocycles. The molecule has 0 saturated heterocycles. The van der Waals surface area contributed by atoms with Crippen molar-refractivity contribution in [3.8, 4) is 0 Å². The van der Waals surface area contributed by atoms with Gasteiger partial charge >= 0.3 is 0 Å². The van der Waals surface area contributed by atoms with Gasteiger partial charge in [-0.15, -0.1) is 0 Å². The number of nitrogens with zero attached hydrogens (tertiary/aromatic N) is 1. The standard InChI is InChI=1S/C12H16Br2N2O/c1-3-12(2,4-5-13)16-11(17)9-6-10(14)8-15-7-9/h6-8H,3-5H2,1-2H3,(H,16,17). The Bertz CT molecular complexity index is 398. The first-order chi connectivity index (χ1) is 8.00. The van der Waals surface area contributed by atoms with Gasteiger partial charge in [-0.1, -0.05) is 22.9 Å². The van der Waals surface area contributed by atoms with Crippen LogP contribution >= 0.6 is 31.9 Å². The summed E-state index contributed by atoms with van der Waals surface area (Å²) < 4.78 is 0.809. The summed E-state index contributed by atoms with van der Waals surface area (Å²) in [5.74, 6) is -0.0795. The van der Waals surface area contributed by atoms with Crippen molar-refractivity contribution in [3.05, 3.63) is 28.5 Å². The highest BCUT2D eigenvalue weighted by Gasteiger charge is 2.24. The first kappa shape index (κ1) is 14.6. The van der Waals surface area contributed by atoms with E-state index in [1.807, 2.05) is 0 Å². The molecule has 17 heavy (non-hydrogen) atoms. The molecule has 0 aliphatic carbocycles. The fourth-order valence-electron chi connectivity index (χ4n) is 1.42. The van der Waals surface area contributed by atoms with Crippen molar-refractivity contribution < 1.29 is 4.79 Å². The molecule has 1 N–H and O–H groups in total. The normalized spacial score (nSPS) is 14.1. The number of carbonyl (C=O) groups is 1. The molecule has 0 bridgehead atoms. The van der Waals surface area contributed by atoms with Crippen LogP contribution in [0.1, 0.15) is 37.0 Å². The molecule has 5 heteroatoms. The summed E-state index contributed by atoms with van der Waals surface area (Å²) in [6.45, 7) is 4.12. The maximum absolute atomic E-state index is 12.1. The zero-order valence-electron chi connectivity index (χ0n) is 9.96. The zero-order chi connectivity index (χ0) is 12.9. The lowest BCUT2D eigenvalue weighted by atomic mass is 9.95. The summed E-state index contributed by atoms with van der Waals surface area (Å²) in [4.78, 5) is 16.0. The second-order valence-electron chi connectivity index (χ2n) is 4.20. The minimum atomic E-state index is -0.178. The minimum absolute atomic E-state index is 0.0795. The maximum atomic E-state index is 12.1. The average Bonchev–Trinajstić information content (AvgIpc) is 2.29. The van der Waals surface area contributed by atoms with Crippen molar-refractivity contribution in [3.63, 3.8) is 0 Å². The molecular weight excluding hydrogens is 348 g/mol. The van der Waals surface area contributed by atoms with E-state index in [-0.39, 0.29) is 11.4 Å². The van der Waals surface area contributed by atoms with Crippen molar-refractivity contribution in [2.45, 2.75) is 32.2 Å². The van der Waals surface area contributed by atoms with Crippen LogP contribution in [0.15, 0.2) is 22.9 Å². The molecule has 1 amide bonds. The number of alkyl halides is 1. The molecule has 1 atom stereocenters. The van der Waals surface area contributed by atoms with Crippen LogP contribution in [-0.2, 0) is 0 Å². The van der Waals surface area contributed by atoms with E-state index in [0.29, 0.717) is 5.56 Å². The quantitative estimate of drug-likeness (QED) is 0.813. The van der Waals surface area contributed by atoms with E-state index in [4.69, 9.17) is 0 Å². The highest BCUT2D eigenvalue weighted by Crippen LogP contribution is 2.17. The van der Waals surface area contributed by atoms with Gasteiger partial charge in [0.25, 0.3) is 5.91 Å². The fraction of sp³-hybridized carbons (Fsp3) is 0.500. The third-order valence-electron chi connectivity index (χ3n) is 2.81. The van der Waals surface area contributed by atoms with Crippen LogP contribution in [-0.4, -0.2) is 21.8 Å². The summed E-state index contributed by atoms with van der Waals surface area (Å²) in [5.41, 5.74) is 0.400. The highest BCUT2D eigenvalue weighted by molar-refractivity contribution is 9.10. The number of nitrogens with one attached hydrogen (secondary N) is 1. The monoisotopic (exact) mass is 362 g/mol. The molecule has 0 radical (unpaired) electrons.